The minimum atomic E-state index is 0.506. The first-order valence-electron chi connectivity index (χ1n) is 8.19. The van der Waals surface area contributed by atoms with Crippen LogP contribution in [0.1, 0.15) is 55.5 Å². The molecular weight excluding hydrogens is 258 g/mol. The van der Waals surface area contributed by atoms with Gasteiger partial charge in [0.1, 0.15) is 5.76 Å². The van der Waals surface area contributed by atoms with E-state index in [0.29, 0.717) is 12.1 Å². The molecular formula is C19H25NO. The number of hydrogen-bond acceptors (Lipinski definition) is 2. The molecule has 2 aromatic rings. The molecule has 1 aromatic carbocycles. The average molecular weight is 283 g/mol. The summed E-state index contributed by atoms with van der Waals surface area (Å²) in [7, 11) is 0. The third kappa shape index (κ3) is 3.76. The third-order valence-electron chi connectivity index (χ3n) is 4.51. The molecule has 0 saturated heterocycles. The van der Waals surface area contributed by atoms with E-state index >= 15 is 0 Å². The van der Waals surface area contributed by atoms with E-state index in [-0.39, 0.29) is 0 Å². The van der Waals surface area contributed by atoms with Crippen LogP contribution in [0.15, 0.2) is 47.1 Å². The second-order valence-corrected chi connectivity index (χ2v) is 6.18. The molecule has 1 N–H and O–H groups in total. The zero-order valence-electron chi connectivity index (χ0n) is 12.8. The number of nitrogens with one attached hydrogen (secondary N) is 1. The minimum Gasteiger partial charge on any atom is -0.469 e. The summed E-state index contributed by atoms with van der Waals surface area (Å²) in [6.45, 7) is 2.29. The highest BCUT2D eigenvalue weighted by atomic mass is 16.3. The van der Waals surface area contributed by atoms with Crippen molar-refractivity contribution in [2.75, 3.05) is 0 Å². The maximum absolute atomic E-state index is 5.42. The molecule has 112 valence electrons. The Morgan fingerprint density at radius 2 is 2.10 bits per heavy atom. The molecule has 3 rings (SSSR count). The Hall–Kier alpha value is -1.54. The van der Waals surface area contributed by atoms with Gasteiger partial charge in [-0.15, -0.1) is 0 Å². The molecule has 1 aliphatic rings. The van der Waals surface area contributed by atoms with Gasteiger partial charge in [0.15, 0.2) is 0 Å². The minimum absolute atomic E-state index is 0.506. The molecule has 21 heavy (non-hydrogen) atoms. The summed E-state index contributed by atoms with van der Waals surface area (Å²) < 4.78 is 5.42. The van der Waals surface area contributed by atoms with E-state index in [2.05, 4.69) is 42.6 Å². The third-order valence-corrected chi connectivity index (χ3v) is 4.51. The smallest absolute Gasteiger partial charge is 0.103 e. The highest BCUT2D eigenvalue weighted by Gasteiger charge is 2.19. The zero-order chi connectivity index (χ0) is 14.5. The van der Waals surface area contributed by atoms with Gasteiger partial charge < -0.3 is 9.73 Å². The van der Waals surface area contributed by atoms with Gasteiger partial charge >= 0.3 is 0 Å². The first-order chi connectivity index (χ1) is 10.3. The molecule has 2 unspecified atom stereocenters. The SMILES string of the molecule is CC(CCc1ccco1)NC1CCCCc2ccccc21. The molecule has 1 aromatic heterocycles. The Morgan fingerprint density at radius 1 is 1.19 bits per heavy atom. The summed E-state index contributed by atoms with van der Waals surface area (Å²) in [5, 5.41) is 3.84. The van der Waals surface area contributed by atoms with Crippen LogP contribution in [0.4, 0.5) is 0 Å². The lowest BCUT2D eigenvalue weighted by Gasteiger charge is -2.24. The van der Waals surface area contributed by atoms with Gasteiger partial charge in [-0.2, -0.15) is 0 Å². The molecule has 2 nitrogen and oxygen atoms in total. The number of hydrogen-bond donors (Lipinski definition) is 1. The standard InChI is InChI=1S/C19H25NO/c1-15(12-13-17-9-6-14-21-17)20-19-11-5-3-8-16-7-2-4-10-18(16)19/h2,4,6-7,9-10,14-15,19-20H,3,5,8,11-13H2,1H3. The van der Waals surface area contributed by atoms with E-state index in [1.165, 1.54) is 36.8 Å². The lowest BCUT2D eigenvalue weighted by atomic mass is 9.98. The zero-order valence-corrected chi connectivity index (χ0v) is 12.8. The van der Waals surface area contributed by atoms with Crippen molar-refractivity contribution in [3.8, 4) is 0 Å². The van der Waals surface area contributed by atoms with Crippen molar-refractivity contribution in [1.82, 2.24) is 5.32 Å². The van der Waals surface area contributed by atoms with Gasteiger partial charge in [-0.3, -0.25) is 0 Å². The second-order valence-electron chi connectivity index (χ2n) is 6.18. The van der Waals surface area contributed by atoms with Crippen LogP contribution in [0.25, 0.3) is 0 Å². The fourth-order valence-corrected chi connectivity index (χ4v) is 3.33. The summed E-state index contributed by atoms with van der Waals surface area (Å²) in [5.74, 6) is 1.09. The fraction of sp³-hybridized carbons (Fsp3) is 0.474. The van der Waals surface area contributed by atoms with E-state index < -0.39 is 0 Å². The van der Waals surface area contributed by atoms with Crippen molar-refractivity contribution < 1.29 is 4.42 Å². The number of aryl methyl sites for hydroxylation is 2. The molecule has 0 amide bonds. The van der Waals surface area contributed by atoms with Crippen LogP contribution in [0, 0.1) is 0 Å². The molecule has 0 fully saturated rings. The normalized spacial score (nSPS) is 19.8. The van der Waals surface area contributed by atoms with Crippen LogP contribution in [0.5, 0.6) is 0 Å². The predicted octanol–water partition coefficient (Wildman–Crippen LogP) is 4.66. The first-order valence-corrected chi connectivity index (χ1v) is 8.19. The quantitative estimate of drug-likeness (QED) is 0.807. The monoisotopic (exact) mass is 283 g/mol. The van der Waals surface area contributed by atoms with Gasteiger partial charge in [0, 0.05) is 18.5 Å². The van der Waals surface area contributed by atoms with E-state index in [0.717, 1.165) is 18.6 Å². The predicted molar refractivity (Wildman–Crippen MR) is 86.4 cm³/mol. The van der Waals surface area contributed by atoms with E-state index in [4.69, 9.17) is 4.42 Å². The maximum Gasteiger partial charge on any atom is 0.103 e. The van der Waals surface area contributed by atoms with Crippen LogP contribution < -0.4 is 5.32 Å². The second kappa shape index (κ2) is 6.95. The van der Waals surface area contributed by atoms with Crippen LogP contribution in [0.3, 0.4) is 0 Å². The van der Waals surface area contributed by atoms with Crippen molar-refractivity contribution >= 4 is 0 Å². The molecule has 0 aliphatic heterocycles. The number of rotatable bonds is 5. The first kappa shape index (κ1) is 14.4. The molecule has 1 heterocycles. The summed E-state index contributed by atoms with van der Waals surface area (Å²) in [4.78, 5) is 0. The van der Waals surface area contributed by atoms with Crippen molar-refractivity contribution in [2.45, 2.75) is 57.5 Å². The Morgan fingerprint density at radius 3 is 2.95 bits per heavy atom. The van der Waals surface area contributed by atoms with E-state index in [1.807, 2.05) is 6.07 Å². The summed E-state index contributed by atoms with van der Waals surface area (Å²) in [5.41, 5.74) is 3.05. The van der Waals surface area contributed by atoms with Gasteiger partial charge in [-0.1, -0.05) is 30.7 Å². The Kier molecular flexibility index (Phi) is 4.76. The maximum atomic E-state index is 5.42. The number of furan rings is 1. The van der Waals surface area contributed by atoms with Crippen molar-refractivity contribution in [3.05, 3.63) is 59.5 Å². The summed E-state index contributed by atoms with van der Waals surface area (Å²) >= 11 is 0. The summed E-state index contributed by atoms with van der Waals surface area (Å²) in [6.07, 6.45) is 9.00. The topological polar surface area (TPSA) is 25.2 Å². The molecule has 0 radical (unpaired) electrons. The lowest BCUT2D eigenvalue weighted by Crippen LogP contribution is -2.31. The van der Waals surface area contributed by atoms with Crippen molar-refractivity contribution in [2.24, 2.45) is 0 Å². The van der Waals surface area contributed by atoms with Crippen LogP contribution in [0.2, 0.25) is 0 Å². The summed E-state index contributed by atoms with van der Waals surface area (Å²) in [6, 6.07) is 14.0. The van der Waals surface area contributed by atoms with Crippen molar-refractivity contribution in [3.63, 3.8) is 0 Å². The molecule has 2 atom stereocenters. The average Bonchev–Trinajstić information content (AvgIpc) is 2.94. The highest BCUT2D eigenvalue weighted by molar-refractivity contribution is 5.31. The van der Waals surface area contributed by atoms with Gasteiger partial charge in [0.2, 0.25) is 0 Å². The van der Waals surface area contributed by atoms with E-state index in [9.17, 15) is 0 Å². The van der Waals surface area contributed by atoms with Gasteiger partial charge in [-0.05, 0) is 55.9 Å². The highest BCUT2D eigenvalue weighted by Crippen LogP contribution is 2.29. The Balaban J connectivity index is 1.61. The van der Waals surface area contributed by atoms with Gasteiger partial charge in [0.05, 0.1) is 6.26 Å². The molecule has 2 heteroatoms. The lowest BCUT2D eigenvalue weighted by molar-refractivity contribution is 0.400. The van der Waals surface area contributed by atoms with Gasteiger partial charge in [-0.25, -0.2) is 0 Å². The van der Waals surface area contributed by atoms with Crippen molar-refractivity contribution in [1.29, 1.82) is 0 Å². The van der Waals surface area contributed by atoms with E-state index in [1.54, 1.807) is 6.26 Å². The van der Waals surface area contributed by atoms with Gasteiger partial charge in [0.25, 0.3) is 0 Å². The Labute approximate surface area is 127 Å². The van der Waals surface area contributed by atoms with Crippen LogP contribution in [-0.4, -0.2) is 6.04 Å². The molecule has 0 saturated carbocycles. The fourth-order valence-electron chi connectivity index (χ4n) is 3.33. The number of fused-ring (bicyclic) bond motifs is 1. The molecule has 0 bridgehead atoms. The molecule has 0 spiro atoms. The largest absolute Gasteiger partial charge is 0.469 e. The van der Waals surface area contributed by atoms with Crippen LogP contribution >= 0.6 is 0 Å². The van der Waals surface area contributed by atoms with Crippen LogP contribution in [-0.2, 0) is 12.8 Å². The number of benzene rings is 1. The Bertz CT molecular complexity index is 546. The molecule has 1 aliphatic carbocycles.